The Morgan fingerprint density at radius 3 is 2.68 bits per heavy atom. The van der Waals surface area contributed by atoms with Crippen LogP contribution in [0.1, 0.15) is 57.7 Å². The van der Waals surface area contributed by atoms with E-state index >= 15 is 0 Å². The zero-order chi connectivity index (χ0) is 22.6. The second-order valence-corrected chi connectivity index (χ2v) is 8.45. The molecule has 1 aromatic heterocycles. The topological polar surface area (TPSA) is 37.0 Å². The van der Waals surface area contributed by atoms with Gasteiger partial charge in [0.2, 0.25) is 0 Å². The third-order valence-corrected chi connectivity index (χ3v) is 5.35. The number of alkyl halides is 1. The molecule has 0 fully saturated rings. The van der Waals surface area contributed by atoms with Gasteiger partial charge in [-0.25, -0.2) is 0 Å². The van der Waals surface area contributed by atoms with Crippen LogP contribution in [0.15, 0.2) is 60.4 Å². The van der Waals surface area contributed by atoms with Gasteiger partial charge in [-0.15, -0.1) is 0 Å². The van der Waals surface area contributed by atoms with E-state index in [0.717, 1.165) is 24.2 Å². The lowest BCUT2D eigenvalue weighted by atomic mass is 9.91. The summed E-state index contributed by atoms with van der Waals surface area (Å²) in [4.78, 5) is 3.65. The van der Waals surface area contributed by atoms with Crippen molar-refractivity contribution in [1.82, 2.24) is 10.3 Å². The predicted molar refractivity (Wildman–Crippen MR) is 131 cm³/mol. The predicted octanol–water partition coefficient (Wildman–Crippen LogP) is 6.84. The first-order chi connectivity index (χ1) is 15.0. The maximum absolute atomic E-state index is 12.1. The van der Waals surface area contributed by atoms with Crippen molar-refractivity contribution in [3.05, 3.63) is 71.7 Å². The summed E-state index contributed by atoms with van der Waals surface area (Å²) in [6.07, 6.45) is 8.63. The van der Waals surface area contributed by atoms with E-state index in [0.29, 0.717) is 32.0 Å². The van der Waals surface area contributed by atoms with Gasteiger partial charge in [-0.05, 0) is 61.1 Å². The highest BCUT2D eigenvalue weighted by atomic mass is 19.1. The summed E-state index contributed by atoms with van der Waals surface area (Å²) < 4.78 is 18.0. The van der Waals surface area contributed by atoms with Crippen LogP contribution in [0.25, 0.3) is 10.9 Å². The number of para-hydroxylation sites is 1. The molecule has 0 bridgehead atoms. The molecule has 1 unspecified atom stereocenters. The molecule has 0 saturated carbocycles. The van der Waals surface area contributed by atoms with E-state index in [9.17, 15) is 4.39 Å². The minimum atomic E-state index is -0.285. The van der Waals surface area contributed by atoms with E-state index in [1.807, 2.05) is 6.08 Å². The van der Waals surface area contributed by atoms with Crippen LogP contribution in [0.5, 0.6) is 0 Å². The molecule has 2 aromatic rings. The van der Waals surface area contributed by atoms with Crippen molar-refractivity contribution in [1.29, 1.82) is 0 Å². The molecule has 2 rings (SSSR count). The molecule has 170 valence electrons. The number of ether oxygens (including phenoxy) is 1. The van der Waals surface area contributed by atoms with Crippen molar-refractivity contribution >= 4 is 10.9 Å². The number of fused-ring (bicyclic) bond motifs is 1. The van der Waals surface area contributed by atoms with E-state index in [1.165, 1.54) is 22.2 Å². The molecule has 0 saturated heterocycles. The van der Waals surface area contributed by atoms with E-state index in [1.54, 1.807) is 0 Å². The van der Waals surface area contributed by atoms with Crippen LogP contribution in [-0.2, 0) is 11.2 Å². The van der Waals surface area contributed by atoms with Gasteiger partial charge in [-0.3, -0.25) is 4.39 Å². The number of halogens is 1. The number of H-pyrrole nitrogens is 1. The fourth-order valence-corrected chi connectivity index (χ4v) is 3.67. The molecule has 0 aliphatic heterocycles. The van der Waals surface area contributed by atoms with Gasteiger partial charge in [0.05, 0.1) is 6.67 Å². The first-order valence-corrected chi connectivity index (χ1v) is 11.5. The maximum Gasteiger partial charge on any atom is 0.115 e. The highest BCUT2D eigenvalue weighted by Gasteiger charge is 2.18. The number of benzene rings is 1. The minimum absolute atomic E-state index is 0.183. The molecule has 1 heterocycles. The fourth-order valence-electron chi connectivity index (χ4n) is 3.67. The Kier molecular flexibility index (Phi) is 10.6. The molecule has 1 atom stereocenters. The molecule has 0 aliphatic rings. The van der Waals surface area contributed by atoms with Gasteiger partial charge < -0.3 is 15.0 Å². The summed E-state index contributed by atoms with van der Waals surface area (Å²) in [6.45, 7) is 14.8. The van der Waals surface area contributed by atoms with Crippen LogP contribution in [0.2, 0.25) is 0 Å². The molecule has 0 spiro atoms. The Balaban J connectivity index is 2.08. The van der Waals surface area contributed by atoms with Crippen molar-refractivity contribution in [2.24, 2.45) is 5.92 Å². The third kappa shape index (κ3) is 7.70. The monoisotopic (exact) mass is 426 g/mol. The number of hydrogen-bond donors (Lipinski definition) is 2. The van der Waals surface area contributed by atoms with Crippen molar-refractivity contribution < 1.29 is 9.13 Å². The molecule has 2 N–H and O–H groups in total. The van der Waals surface area contributed by atoms with Gasteiger partial charge >= 0.3 is 0 Å². The van der Waals surface area contributed by atoms with Gasteiger partial charge in [0.15, 0.2) is 0 Å². The van der Waals surface area contributed by atoms with E-state index in [4.69, 9.17) is 4.74 Å². The van der Waals surface area contributed by atoms with Crippen molar-refractivity contribution in [2.75, 3.05) is 26.4 Å². The van der Waals surface area contributed by atoms with Gasteiger partial charge in [-0.1, -0.05) is 58.5 Å². The van der Waals surface area contributed by atoms with E-state index < -0.39 is 0 Å². The van der Waals surface area contributed by atoms with Crippen LogP contribution in [0.3, 0.4) is 0 Å². The van der Waals surface area contributed by atoms with Crippen molar-refractivity contribution in [3.8, 4) is 0 Å². The summed E-state index contributed by atoms with van der Waals surface area (Å²) in [6, 6.07) is 8.53. The summed E-state index contributed by atoms with van der Waals surface area (Å²) in [7, 11) is 0. The van der Waals surface area contributed by atoms with Crippen LogP contribution >= 0.6 is 0 Å². The number of aromatic amines is 1. The SMILES string of the molecule is C=C(/C=C\C(=C/CC)OCCNCCCF)C(C)c1[nH]c2ccccc2c1CC(C)C. The van der Waals surface area contributed by atoms with Gasteiger partial charge in [0, 0.05) is 29.1 Å². The summed E-state index contributed by atoms with van der Waals surface area (Å²) in [5.41, 5.74) is 4.88. The Morgan fingerprint density at radius 1 is 1.19 bits per heavy atom. The average molecular weight is 427 g/mol. The largest absolute Gasteiger partial charge is 0.493 e. The second-order valence-electron chi connectivity index (χ2n) is 8.45. The highest BCUT2D eigenvalue weighted by molar-refractivity contribution is 5.85. The Morgan fingerprint density at radius 2 is 1.97 bits per heavy atom. The number of rotatable bonds is 14. The van der Waals surface area contributed by atoms with Crippen molar-refractivity contribution in [2.45, 2.75) is 52.9 Å². The smallest absolute Gasteiger partial charge is 0.115 e. The lowest BCUT2D eigenvalue weighted by molar-refractivity contribution is 0.223. The van der Waals surface area contributed by atoms with Gasteiger partial charge in [0.25, 0.3) is 0 Å². The van der Waals surface area contributed by atoms with Gasteiger partial charge in [-0.2, -0.15) is 0 Å². The highest BCUT2D eigenvalue weighted by Crippen LogP contribution is 2.33. The maximum atomic E-state index is 12.1. The van der Waals surface area contributed by atoms with Crippen LogP contribution in [-0.4, -0.2) is 31.4 Å². The van der Waals surface area contributed by atoms with E-state index in [-0.39, 0.29) is 12.6 Å². The summed E-state index contributed by atoms with van der Waals surface area (Å²) >= 11 is 0. The molecule has 3 nitrogen and oxygen atoms in total. The Hall–Kier alpha value is -2.33. The lowest BCUT2D eigenvalue weighted by Crippen LogP contribution is -2.21. The molecule has 0 amide bonds. The second kappa shape index (κ2) is 13.2. The Labute approximate surface area is 187 Å². The number of hydrogen-bond acceptors (Lipinski definition) is 2. The normalized spacial score (nSPS) is 13.4. The molecular formula is C27H39FN2O. The number of aromatic nitrogens is 1. The zero-order valence-corrected chi connectivity index (χ0v) is 19.6. The number of nitrogens with one attached hydrogen (secondary N) is 2. The minimum Gasteiger partial charge on any atom is -0.493 e. The molecular weight excluding hydrogens is 387 g/mol. The standard InChI is InChI=1S/C27H39FN2O/c1-6-10-23(31-18-17-29-16-9-15-28)14-13-21(4)22(5)27-25(19-20(2)3)24-11-7-8-12-26(24)30-27/h7-8,10-14,20,22,29-30H,4,6,9,15-19H2,1-3,5H3/b14-13-,23-10+. The lowest BCUT2D eigenvalue weighted by Gasteiger charge is -2.15. The molecule has 31 heavy (non-hydrogen) atoms. The van der Waals surface area contributed by atoms with E-state index in [2.05, 4.69) is 81.0 Å². The fraction of sp³-hybridized carbons (Fsp3) is 0.481. The third-order valence-electron chi connectivity index (χ3n) is 5.35. The first kappa shape index (κ1) is 24.9. The summed E-state index contributed by atoms with van der Waals surface area (Å²) in [5, 5.41) is 4.49. The quantitative estimate of drug-likeness (QED) is 0.197. The zero-order valence-electron chi connectivity index (χ0n) is 19.6. The molecule has 0 aliphatic carbocycles. The van der Waals surface area contributed by atoms with Crippen molar-refractivity contribution in [3.63, 3.8) is 0 Å². The molecule has 0 radical (unpaired) electrons. The Bertz CT molecular complexity index is 878. The van der Waals surface area contributed by atoms with Crippen LogP contribution in [0, 0.1) is 5.92 Å². The molecule has 1 aromatic carbocycles. The van der Waals surface area contributed by atoms with Gasteiger partial charge in [0.1, 0.15) is 12.4 Å². The average Bonchev–Trinajstić information content (AvgIpc) is 3.11. The summed E-state index contributed by atoms with van der Waals surface area (Å²) in [5.74, 6) is 1.62. The van der Waals surface area contributed by atoms with Crippen LogP contribution < -0.4 is 5.32 Å². The first-order valence-electron chi connectivity index (χ1n) is 11.5. The number of allylic oxidation sites excluding steroid dienone is 4. The molecule has 4 heteroatoms. The van der Waals surface area contributed by atoms with Crippen LogP contribution in [0.4, 0.5) is 4.39 Å².